The van der Waals surface area contributed by atoms with E-state index in [1.165, 1.54) is 6.07 Å². The molecule has 0 saturated heterocycles. The van der Waals surface area contributed by atoms with Crippen LogP contribution in [0.25, 0.3) is 0 Å². The number of nitro groups is 1. The van der Waals surface area contributed by atoms with Gasteiger partial charge >= 0.3 is 5.97 Å². The fourth-order valence-electron chi connectivity index (χ4n) is 2.45. The molecule has 1 atom stereocenters. The van der Waals surface area contributed by atoms with Gasteiger partial charge in [-0.15, -0.1) is 0 Å². The molecule has 0 aliphatic heterocycles. The lowest BCUT2D eigenvalue weighted by molar-refractivity contribution is -0.384. The van der Waals surface area contributed by atoms with Crippen LogP contribution in [0.1, 0.15) is 24.9 Å². The van der Waals surface area contributed by atoms with Gasteiger partial charge in [-0.25, -0.2) is 0 Å². The molecule has 2 N–H and O–H groups in total. The fraction of sp³-hybridized carbons (Fsp3) is 0.263. The van der Waals surface area contributed by atoms with Crippen molar-refractivity contribution in [2.45, 2.75) is 19.4 Å². The molecule has 0 bridgehead atoms. The highest BCUT2D eigenvalue weighted by molar-refractivity contribution is 6.42. The summed E-state index contributed by atoms with van der Waals surface area (Å²) in [5.74, 6) is -1.07. The Kier molecular flexibility index (Phi) is 8.23. The zero-order valence-electron chi connectivity index (χ0n) is 15.5. The van der Waals surface area contributed by atoms with Crippen molar-refractivity contribution in [3.8, 4) is 0 Å². The molecule has 0 spiro atoms. The average Bonchev–Trinajstić information content (AvgIpc) is 2.68. The van der Waals surface area contributed by atoms with E-state index in [1.54, 1.807) is 43.3 Å². The first kappa shape index (κ1) is 22.4. The summed E-state index contributed by atoms with van der Waals surface area (Å²) in [5, 5.41) is 17.2. The number of halogens is 2. The minimum absolute atomic E-state index is 0.0539. The minimum Gasteiger partial charge on any atom is -0.456 e. The summed E-state index contributed by atoms with van der Waals surface area (Å²) in [4.78, 5) is 34.2. The highest BCUT2D eigenvalue weighted by Gasteiger charge is 2.14. The number of hydrogen-bond donors (Lipinski definition) is 2. The molecule has 0 fully saturated rings. The lowest BCUT2D eigenvalue weighted by Crippen LogP contribution is -2.31. The maximum atomic E-state index is 12.0. The Bertz CT molecular complexity index is 907. The van der Waals surface area contributed by atoms with Gasteiger partial charge < -0.3 is 15.4 Å². The first-order chi connectivity index (χ1) is 13.8. The van der Waals surface area contributed by atoms with Crippen LogP contribution in [0.4, 0.5) is 11.4 Å². The van der Waals surface area contributed by atoms with E-state index in [0.717, 1.165) is 5.56 Å². The van der Waals surface area contributed by atoms with Crippen molar-refractivity contribution in [2.24, 2.45) is 0 Å². The monoisotopic (exact) mass is 439 g/mol. The number of ether oxygens (including phenoxy) is 1. The Labute approximate surface area is 177 Å². The summed E-state index contributed by atoms with van der Waals surface area (Å²) in [6, 6.07) is 10.8. The number of nitrogens with zero attached hydrogens (tertiary/aromatic N) is 1. The summed E-state index contributed by atoms with van der Waals surface area (Å²) in [6.45, 7) is 1.46. The lowest BCUT2D eigenvalue weighted by atomic mass is 10.1. The summed E-state index contributed by atoms with van der Waals surface area (Å²) >= 11 is 11.8. The van der Waals surface area contributed by atoms with Crippen molar-refractivity contribution in [1.82, 2.24) is 5.32 Å². The molecule has 154 valence electrons. The zero-order valence-corrected chi connectivity index (χ0v) is 17.0. The normalized spacial score (nSPS) is 11.4. The van der Waals surface area contributed by atoms with Crippen LogP contribution in [-0.4, -0.2) is 30.0 Å². The van der Waals surface area contributed by atoms with E-state index < -0.39 is 23.4 Å². The molecule has 0 aliphatic carbocycles. The largest absolute Gasteiger partial charge is 0.456 e. The number of para-hydroxylation sites is 2. The zero-order chi connectivity index (χ0) is 21.4. The third-order valence-corrected chi connectivity index (χ3v) is 4.67. The van der Waals surface area contributed by atoms with E-state index in [-0.39, 0.29) is 24.7 Å². The molecule has 2 rings (SSSR count). The van der Waals surface area contributed by atoms with Gasteiger partial charge in [0.15, 0.2) is 6.61 Å². The standard InChI is InChI=1S/C19H19Cl2N3O5/c1-12(13-6-7-14(20)15(21)10-13)23-18(25)11-29-19(26)8-9-22-16-4-2-3-5-17(16)24(27)28/h2-7,10,12,22H,8-9,11H2,1H3,(H,23,25). The number of hydrogen-bond acceptors (Lipinski definition) is 6. The average molecular weight is 440 g/mol. The number of amides is 1. The summed E-state index contributed by atoms with van der Waals surface area (Å²) in [5.41, 5.74) is 0.975. The van der Waals surface area contributed by atoms with Crippen molar-refractivity contribution >= 4 is 46.5 Å². The van der Waals surface area contributed by atoms with Crippen LogP contribution < -0.4 is 10.6 Å². The van der Waals surface area contributed by atoms with Gasteiger partial charge in [-0.05, 0) is 30.7 Å². The number of carbonyl (C=O) groups excluding carboxylic acids is 2. The predicted molar refractivity (Wildman–Crippen MR) is 110 cm³/mol. The highest BCUT2D eigenvalue weighted by Crippen LogP contribution is 2.25. The van der Waals surface area contributed by atoms with Crippen LogP contribution in [0.5, 0.6) is 0 Å². The van der Waals surface area contributed by atoms with Crippen molar-refractivity contribution in [1.29, 1.82) is 0 Å². The summed E-state index contributed by atoms with van der Waals surface area (Å²) < 4.78 is 4.93. The third kappa shape index (κ3) is 6.92. The Morgan fingerprint density at radius 2 is 1.90 bits per heavy atom. The fourth-order valence-corrected chi connectivity index (χ4v) is 2.75. The van der Waals surface area contributed by atoms with Crippen LogP contribution in [0.2, 0.25) is 10.0 Å². The van der Waals surface area contributed by atoms with Crippen LogP contribution in [0.3, 0.4) is 0 Å². The van der Waals surface area contributed by atoms with Gasteiger partial charge in [0.1, 0.15) is 5.69 Å². The molecule has 0 saturated carbocycles. The number of anilines is 1. The molecule has 10 heteroatoms. The number of benzene rings is 2. The van der Waals surface area contributed by atoms with Crippen LogP contribution in [-0.2, 0) is 14.3 Å². The molecular formula is C19H19Cl2N3O5. The van der Waals surface area contributed by atoms with Crippen molar-refractivity contribution in [3.05, 3.63) is 68.2 Å². The molecule has 0 aromatic heterocycles. The quantitative estimate of drug-likeness (QED) is 0.345. The number of nitrogens with one attached hydrogen (secondary N) is 2. The van der Waals surface area contributed by atoms with E-state index in [2.05, 4.69) is 10.6 Å². The highest BCUT2D eigenvalue weighted by atomic mass is 35.5. The van der Waals surface area contributed by atoms with Gasteiger partial charge in [0.25, 0.3) is 11.6 Å². The Morgan fingerprint density at radius 1 is 1.17 bits per heavy atom. The van der Waals surface area contributed by atoms with Crippen LogP contribution >= 0.6 is 23.2 Å². The van der Waals surface area contributed by atoms with Gasteiger partial charge in [-0.1, -0.05) is 41.4 Å². The predicted octanol–water partition coefficient (Wildman–Crippen LogP) is 4.12. The lowest BCUT2D eigenvalue weighted by Gasteiger charge is -2.15. The molecule has 29 heavy (non-hydrogen) atoms. The van der Waals surface area contributed by atoms with E-state index >= 15 is 0 Å². The van der Waals surface area contributed by atoms with Gasteiger partial charge in [0, 0.05) is 12.6 Å². The molecule has 0 aliphatic rings. The Balaban J connectivity index is 1.74. The maximum Gasteiger partial charge on any atom is 0.308 e. The first-order valence-corrected chi connectivity index (χ1v) is 9.40. The van der Waals surface area contributed by atoms with Crippen molar-refractivity contribution < 1.29 is 19.2 Å². The first-order valence-electron chi connectivity index (χ1n) is 8.65. The minimum atomic E-state index is -0.603. The van der Waals surface area contributed by atoms with Gasteiger partial charge in [0.2, 0.25) is 0 Å². The molecule has 2 aromatic rings. The topological polar surface area (TPSA) is 111 Å². The Hall–Kier alpha value is -2.84. The molecule has 1 amide bonds. The molecule has 0 heterocycles. The number of rotatable bonds is 9. The van der Waals surface area contributed by atoms with E-state index in [9.17, 15) is 19.7 Å². The molecule has 2 aromatic carbocycles. The molecule has 8 nitrogen and oxygen atoms in total. The maximum absolute atomic E-state index is 12.0. The van der Waals surface area contributed by atoms with Crippen LogP contribution in [0, 0.1) is 10.1 Å². The van der Waals surface area contributed by atoms with Crippen molar-refractivity contribution in [2.75, 3.05) is 18.5 Å². The number of carbonyl (C=O) groups is 2. The summed E-state index contributed by atoms with van der Waals surface area (Å²) in [7, 11) is 0. The van der Waals surface area contributed by atoms with Crippen molar-refractivity contribution in [3.63, 3.8) is 0 Å². The smallest absolute Gasteiger partial charge is 0.308 e. The van der Waals surface area contributed by atoms with E-state index in [0.29, 0.717) is 15.7 Å². The third-order valence-electron chi connectivity index (χ3n) is 3.93. The molecular weight excluding hydrogens is 421 g/mol. The van der Waals surface area contributed by atoms with E-state index in [4.69, 9.17) is 27.9 Å². The summed E-state index contributed by atoms with van der Waals surface area (Å²) in [6.07, 6.45) is -0.0539. The molecule has 0 radical (unpaired) electrons. The van der Waals surface area contributed by atoms with Gasteiger partial charge in [0.05, 0.1) is 27.4 Å². The number of esters is 1. The second-order valence-electron chi connectivity index (χ2n) is 6.07. The van der Waals surface area contributed by atoms with E-state index in [1.807, 2.05) is 0 Å². The second kappa shape index (κ2) is 10.6. The molecule has 1 unspecified atom stereocenters. The van der Waals surface area contributed by atoms with Crippen LogP contribution in [0.15, 0.2) is 42.5 Å². The number of nitro benzene ring substituents is 1. The Morgan fingerprint density at radius 3 is 2.59 bits per heavy atom. The van der Waals surface area contributed by atoms with Gasteiger partial charge in [-0.2, -0.15) is 0 Å². The second-order valence-corrected chi connectivity index (χ2v) is 6.89. The van der Waals surface area contributed by atoms with Gasteiger partial charge in [-0.3, -0.25) is 19.7 Å². The SMILES string of the molecule is CC(NC(=O)COC(=O)CCNc1ccccc1[N+](=O)[O-])c1ccc(Cl)c(Cl)c1.